The highest BCUT2D eigenvalue weighted by molar-refractivity contribution is 5.83. The van der Waals surface area contributed by atoms with Gasteiger partial charge in [-0.15, -0.1) is 0 Å². The Bertz CT molecular complexity index is 760. The maximum atomic E-state index is 12.9. The molecule has 0 radical (unpaired) electrons. The standard InChI is InChI=1S/C24H34N4O2.2C2H6/c1-5-8-18(9-6-2)19-11-12-20(13-19)23(30)28-24(16-26-17-24)14-22(29)27-15-21(25-4)10-7-3;2*1-2/h5-10,19-20,26H,1,3-4,11-17H2,2H3,(H,27,29)(H,28,30);2*1-2H3/b9-6-,18-8+,21-10-;;. The van der Waals surface area contributed by atoms with E-state index in [2.05, 4.69) is 46.9 Å². The Labute approximate surface area is 207 Å². The minimum atomic E-state index is -0.522. The second-order valence-electron chi connectivity index (χ2n) is 7.99. The van der Waals surface area contributed by atoms with Gasteiger partial charge in [-0.2, -0.15) is 0 Å². The Hall–Kier alpha value is -2.73. The van der Waals surface area contributed by atoms with Crippen molar-refractivity contribution in [2.75, 3.05) is 19.6 Å². The molecular weight excluding hydrogens is 424 g/mol. The number of allylic oxidation sites excluding steroid dienone is 7. The minimum Gasteiger partial charge on any atom is -0.350 e. The van der Waals surface area contributed by atoms with Gasteiger partial charge in [0.25, 0.3) is 0 Å². The first-order valence-electron chi connectivity index (χ1n) is 12.5. The topological polar surface area (TPSA) is 82.6 Å². The summed E-state index contributed by atoms with van der Waals surface area (Å²) in [5.74, 6) is 0.269. The maximum absolute atomic E-state index is 12.9. The molecule has 1 saturated heterocycles. The first kappa shape index (κ1) is 31.3. The molecule has 0 bridgehead atoms. The van der Waals surface area contributed by atoms with Gasteiger partial charge in [0.15, 0.2) is 0 Å². The van der Waals surface area contributed by atoms with E-state index < -0.39 is 5.54 Å². The number of carbonyl (C=O) groups is 2. The van der Waals surface area contributed by atoms with Gasteiger partial charge < -0.3 is 16.0 Å². The monoisotopic (exact) mass is 470 g/mol. The third-order valence-electron chi connectivity index (χ3n) is 5.74. The quantitative estimate of drug-likeness (QED) is 0.297. The van der Waals surface area contributed by atoms with E-state index in [1.807, 2.05) is 46.8 Å². The summed E-state index contributed by atoms with van der Waals surface area (Å²) in [7, 11) is 0. The Morgan fingerprint density at radius 3 is 2.18 bits per heavy atom. The van der Waals surface area contributed by atoms with E-state index in [-0.39, 0.29) is 24.2 Å². The Morgan fingerprint density at radius 2 is 1.68 bits per heavy atom. The lowest BCUT2D eigenvalue weighted by atomic mass is 9.87. The third-order valence-corrected chi connectivity index (χ3v) is 5.74. The SMILES string of the molecule is C=C/C=C(/CNC(=O)CC1(NC(=O)C2CCC(C(/C=C\C)=C/C=C)C2)CNC1)N=C.CC.CC. The van der Waals surface area contributed by atoms with Crippen molar-refractivity contribution in [1.29, 1.82) is 0 Å². The molecule has 0 aromatic rings. The third kappa shape index (κ3) is 10.0. The smallest absolute Gasteiger partial charge is 0.223 e. The van der Waals surface area contributed by atoms with Gasteiger partial charge in [0, 0.05) is 19.0 Å². The van der Waals surface area contributed by atoms with Crippen molar-refractivity contribution in [2.24, 2.45) is 16.8 Å². The highest BCUT2D eigenvalue weighted by Gasteiger charge is 2.42. The predicted molar refractivity (Wildman–Crippen MR) is 146 cm³/mol. The number of carbonyl (C=O) groups excluding carboxylic acids is 2. The summed E-state index contributed by atoms with van der Waals surface area (Å²) in [5, 5.41) is 9.19. The first-order chi connectivity index (χ1) is 16.5. The van der Waals surface area contributed by atoms with E-state index in [9.17, 15) is 9.59 Å². The summed E-state index contributed by atoms with van der Waals surface area (Å²) in [5.41, 5.74) is 1.35. The molecule has 2 unspecified atom stereocenters. The van der Waals surface area contributed by atoms with E-state index in [0.717, 1.165) is 19.3 Å². The lowest BCUT2D eigenvalue weighted by molar-refractivity contribution is -0.129. The summed E-state index contributed by atoms with van der Waals surface area (Å²) in [6.07, 6.45) is 14.2. The summed E-state index contributed by atoms with van der Waals surface area (Å²) in [6, 6.07) is 0. The van der Waals surface area contributed by atoms with Crippen LogP contribution >= 0.6 is 0 Å². The Morgan fingerprint density at radius 1 is 1.06 bits per heavy atom. The molecule has 1 saturated carbocycles. The summed E-state index contributed by atoms with van der Waals surface area (Å²) in [4.78, 5) is 29.2. The highest BCUT2D eigenvalue weighted by Crippen LogP contribution is 2.37. The fourth-order valence-corrected chi connectivity index (χ4v) is 4.09. The predicted octanol–water partition coefficient (Wildman–Crippen LogP) is 4.88. The van der Waals surface area contributed by atoms with Gasteiger partial charge in [0.05, 0.1) is 24.2 Å². The number of amides is 2. The average Bonchev–Trinajstić information content (AvgIpc) is 3.33. The van der Waals surface area contributed by atoms with Crippen LogP contribution in [0.4, 0.5) is 0 Å². The van der Waals surface area contributed by atoms with E-state index in [1.165, 1.54) is 5.57 Å². The zero-order valence-corrected chi connectivity index (χ0v) is 22.0. The molecule has 190 valence electrons. The van der Waals surface area contributed by atoms with Crippen LogP contribution in [-0.4, -0.2) is 43.7 Å². The number of hydrogen-bond donors (Lipinski definition) is 3. The van der Waals surface area contributed by atoms with Gasteiger partial charge in [-0.25, -0.2) is 0 Å². The molecule has 3 N–H and O–H groups in total. The van der Waals surface area contributed by atoms with Gasteiger partial charge in [0.1, 0.15) is 0 Å². The highest BCUT2D eigenvalue weighted by atomic mass is 16.2. The van der Waals surface area contributed by atoms with Gasteiger partial charge >= 0.3 is 0 Å². The van der Waals surface area contributed by atoms with Crippen LogP contribution in [0.25, 0.3) is 0 Å². The summed E-state index contributed by atoms with van der Waals surface area (Å²) < 4.78 is 0. The Balaban J connectivity index is 0.00000258. The average molecular weight is 471 g/mol. The lowest BCUT2D eigenvalue weighted by Gasteiger charge is -2.43. The molecule has 1 heterocycles. The molecule has 34 heavy (non-hydrogen) atoms. The molecule has 2 atom stereocenters. The van der Waals surface area contributed by atoms with Crippen LogP contribution < -0.4 is 16.0 Å². The molecule has 1 aliphatic heterocycles. The molecule has 1 aliphatic carbocycles. The van der Waals surface area contributed by atoms with Gasteiger partial charge in [0.2, 0.25) is 11.8 Å². The molecule has 6 nitrogen and oxygen atoms in total. The van der Waals surface area contributed by atoms with Crippen molar-refractivity contribution >= 4 is 18.5 Å². The molecular formula is C28H46N4O2. The van der Waals surface area contributed by atoms with Gasteiger partial charge in [-0.3, -0.25) is 14.6 Å². The molecule has 2 fully saturated rings. The zero-order valence-electron chi connectivity index (χ0n) is 22.0. The van der Waals surface area contributed by atoms with Crippen LogP contribution in [0.3, 0.4) is 0 Å². The minimum absolute atomic E-state index is 0.0268. The van der Waals surface area contributed by atoms with Crippen LogP contribution in [0.2, 0.25) is 0 Å². The van der Waals surface area contributed by atoms with E-state index >= 15 is 0 Å². The second-order valence-corrected chi connectivity index (χ2v) is 7.99. The normalized spacial score (nSPS) is 21.1. The lowest BCUT2D eigenvalue weighted by Crippen LogP contribution is -2.70. The number of nitrogens with zero attached hydrogens (tertiary/aromatic N) is 1. The maximum Gasteiger partial charge on any atom is 0.223 e. The van der Waals surface area contributed by atoms with Gasteiger partial charge in [-0.05, 0) is 50.5 Å². The van der Waals surface area contributed by atoms with E-state index in [0.29, 0.717) is 31.2 Å². The zero-order chi connectivity index (χ0) is 26.0. The van der Waals surface area contributed by atoms with Gasteiger partial charge in [-0.1, -0.05) is 71.2 Å². The molecule has 0 aromatic heterocycles. The van der Waals surface area contributed by atoms with Crippen molar-refractivity contribution in [3.63, 3.8) is 0 Å². The largest absolute Gasteiger partial charge is 0.350 e. The van der Waals surface area contributed by atoms with Crippen molar-refractivity contribution in [3.8, 4) is 0 Å². The number of hydrogen-bond acceptors (Lipinski definition) is 4. The van der Waals surface area contributed by atoms with Crippen LogP contribution in [-0.2, 0) is 9.59 Å². The summed E-state index contributed by atoms with van der Waals surface area (Å²) in [6.45, 7) is 22.4. The van der Waals surface area contributed by atoms with Crippen molar-refractivity contribution in [3.05, 3.63) is 60.9 Å². The molecule has 2 rings (SSSR count). The fraction of sp³-hybridized carbons (Fsp3) is 0.536. The first-order valence-corrected chi connectivity index (χ1v) is 12.5. The molecule has 6 heteroatoms. The molecule has 0 spiro atoms. The number of aliphatic imine (C=N–C) groups is 1. The van der Waals surface area contributed by atoms with Crippen LogP contribution in [0.1, 0.15) is 60.3 Å². The number of nitrogens with one attached hydrogen (secondary N) is 3. The van der Waals surface area contributed by atoms with Crippen molar-refractivity contribution in [2.45, 2.75) is 65.8 Å². The molecule has 2 amide bonds. The number of rotatable bonds is 11. The van der Waals surface area contributed by atoms with Crippen LogP contribution in [0.5, 0.6) is 0 Å². The Kier molecular flexibility index (Phi) is 16.3. The van der Waals surface area contributed by atoms with E-state index in [1.54, 1.807) is 18.2 Å². The van der Waals surface area contributed by atoms with Crippen molar-refractivity contribution in [1.82, 2.24) is 16.0 Å². The summed E-state index contributed by atoms with van der Waals surface area (Å²) >= 11 is 0. The fourth-order valence-electron chi connectivity index (χ4n) is 4.09. The second kappa shape index (κ2) is 17.7. The molecule has 2 aliphatic rings. The van der Waals surface area contributed by atoms with Crippen molar-refractivity contribution < 1.29 is 9.59 Å². The van der Waals surface area contributed by atoms with E-state index in [4.69, 9.17) is 0 Å². The van der Waals surface area contributed by atoms with Crippen LogP contribution in [0.15, 0.2) is 65.9 Å². The van der Waals surface area contributed by atoms with Crippen LogP contribution in [0, 0.1) is 11.8 Å². The molecule has 0 aromatic carbocycles.